The van der Waals surface area contributed by atoms with Crippen molar-refractivity contribution in [1.29, 1.82) is 0 Å². The highest BCUT2D eigenvalue weighted by molar-refractivity contribution is 4.76. The molecule has 1 atom stereocenters. The lowest BCUT2D eigenvalue weighted by atomic mass is 10.1. The normalized spacial score (nSPS) is 21.9. The fraction of sp³-hybridized carbons (Fsp3) is 1.00. The minimum Gasteiger partial charge on any atom is -0.383 e. The van der Waals surface area contributed by atoms with Crippen molar-refractivity contribution < 1.29 is 4.74 Å². The van der Waals surface area contributed by atoms with Crippen LogP contribution < -0.4 is 0 Å². The zero-order valence-electron chi connectivity index (χ0n) is 12.5. The van der Waals surface area contributed by atoms with Crippen molar-refractivity contribution in [3.8, 4) is 0 Å². The summed E-state index contributed by atoms with van der Waals surface area (Å²) in [6.07, 6.45) is 4.00. The molecule has 0 bridgehead atoms. The van der Waals surface area contributed by atoms with Crippen LogP contribution in [0.5, 0.6) is 0 Å². The van der Waals surface area contributed by atoms with E-state index >= 15 is 0 Å². The molecule has 104 valence electrons. The molecule has 0 aromatic rings. The summed E-state index contributed by atoms with van der Waals surface area (Å²) in [7, 11) is 4.02. The van der Waals surface area contributed by atoms with Gasteiger partial charge in [-0.15, -0.1) is 0 Å². The molecule has 1 saturated heterocycles. The smallest absolute Gasteiger partial charge is 0.0589 e. The standard InChI is InChI=1S/C12H26N2O.C2H6/c1-4-14(10-11-15-3)12-6-5-8-13(2)9-7-12;1-2/h12H,4-11H2,1-3H3;1-2H3. The molecule has 0 aliphatic carbocycles. The summed E-state index contributed by atoms with van der Waals surface area (Å²) in [6.45, 7) is 11.9. The summed E-state index contributed by atoms with van der Waals surface area (Å²) < 4.78 is 5.17. The molecule has 1 aliphatic rings. The minimum absolute atomic E-state index is 0.773. The van der Waals surface area contributed by atoms with Gasteiger partial charge in [0, 0.05) is 19.7 Å². The minimum atomic E-state index is 0.773. The van der Waals surface area contributed by atoms with Crippen molar-refractivity contribution in [3.63, 3.8) is 0 Å². The molecule has 1 rings (SSSR count). The van der Waals surface area contributed by atoms with E-state index in [-0.39, 0.29) is 0 Å². The van der Waals surface area contributed by atoms with Gasteiger partial charge in [-0.2, -0.15) is 0 Å². The lowest BCUT2D eigenvalue weighted by molar-refractivity contribution is 0.117. The number of methoxy groups -OCH3 is 1. The quantitative estimate of drug-likeness (QED) is 0.739. The first kappa shape index (κ1) is 16.9. The van der Waals surface area contributed by atoms with Gasteiger partial charge in [0.2, 0.25) is 0 Å². The molecule has 1 fully saturated rings. The zero-order valence-corrected chi connectivity index (χ0v) is 12.5. The van der Waals surface area contributed by atoms with E-state index in [0.29, 0.717) is 0 Å². The van der Waals surface area contributed by atoms with E-state index in [1.807, 2.05) is 13.8 Å². The Balaban J connectivity index is 0.00000121. The van der Waals surface area contributed by atoms with E-state index in [1.54, 1.807) is 7.11 Å². The summed E-state index contributed by atoms with van der Waals surface area (Å²) >= 11 is 0. The van der Waals surface area contributed by atoms with Gasteiger partial charge < -0.3 is 9.64 Å². The van der Waals surface area contributed by atoms with Gasteiger partial charge in [0.25, 0.3) is 0 Å². The van der Waals surface area contributed by atoms with Crippen LogP contribution in [0.25, 0.3) is 0 Å². The lowest BCUT2D eigenvalue weighted by Gasteiger charge is -2.29. The predicted octanol–water partition coefficient (Wildman–Crippen LogP) is 2.47. The molecule has 1 aliphatic heterocycles. The molecule has 17 heavy (non-hydrogen) atoms. The summed E-state index contributed by atoms with van der Waals surface area (Å²) in [4.78, 5) is 5.02. The molecule has 3 nitrogen and oxygen atoms in total. The number of nitrogens with zero attached hydrogens (tertiary/aromatic N) is 2. The third kappa shape index (κ3) is 7.02. The van der Waals surface area contributed by atoms with Crippen LogP contribution >= 0.6 is 0 Å². The Morgan fingerprint density at radius 3 is 2.53 bits per heavy atom. The van der Waals surface area contributed by atoms with Crippen LogP contribution in [-0.4, -0.2) is 62.8 Å². The molecule has 0 N–H and O–H groups in total. The van der Waals surface area contributed by atoms with Gasteiger partial charge in [-0.05, 0) is 45.9 Å². The molecule has 1 heterocycles. The highest BCUT2D eigenvalue weighted by Crippen LogP contribution is 2.15. The molecule has 0 radical (unpaired) electrons. The van der Waals surface area contributed by atoms with Gasteiger partial charge >= 0.3 is 0 Å². The second-order valence-corrected chi connectivity index (χ2v) is 4.51. The Labute approximate surface area is 108 Å². The Kier molecular flexibility index (Phi) is 10.9. The average molecular weight is 244 g/mol. The van der Waals surface area contributed by atoms with E-state index in [2.05, 4.69) is 23.8 Å². The van der Waals surface area contributed by atoms with Gasteiger partial charge in [-0.3, -0.25) is 4.90 Å². The van der Waals surface area contributed by atoms with Crippen molar-refractivity contribution in [3.05, 3.63) is 0 Å². The summed E-state index contributed by atoms with van der Waals surface area (Å²) in [6, 6.07) is 0.773. The molecule has 0 amide bonds. The number of ether oxygens (including phenoxy) is 1. The molecule has 1 unspecified atom stereocenters. The maximum absolute atomic E-state index is 5.17. The predicted molar refractivity (Wildman–Crippen MR) is 75.6 cm³/mol. The zero-order chi connectivity index (χ0) is 13.1. The first-order chi connectivity index (χ1) is 8.27. The summed E-state index contributed by atoms with van der Waals surface area (Å²) in [5.74, 6) is 0. The van der Waals surface area contributed by atoms with Crippen LogP contribution in [0.15, 0.2) is 0 Å². The van der Waals surface area contributed by atoms with Crippen LogP contribution in [0.3, 0.4) is 0 Å². The first-order valence-corrected chi connectivity index (χ1v) is 7.19. The van der Waals surface area contributed by atoms with E-state index in [0.717, 1.165) is 25.7 Å². The monoisotopic (exact) mass is 244 g/mol. The first-order valence-electron chi connectivity index (χ1n) is 7.19. The molecular formula is C14H32N2O. The molecular weight excluding hydrogens is 212 g/mol. The van der Waals surface area contributed by atoms with Crippen molar-refractivity contribution in [1.82, 2.24) is 9.80 Å². The van der Waals surface area contributed by atoms with Crippen molar-refractivity contribution in [2.24, 2.45) is 0 Å². The highest BCUT2D eigenvalue weighted by atomic mass is 16.5. The third-order valence-electron chi connectivity index (χ3n) is 3.43. The largest absolute Gasteiger partial charge is 0.383 e. The van der Waals surface area contributed by atoms with Crippen molar-refractivity contribution in [2.45, 2.75) is 46.1 Å². The van der Waals surface area contributed by atoms with E-state index in [4.69, 9.17) is 4.74 Å². The summed E-state index contributed by atoms with van der Waals surface area (Å²) in [5.41, 5.74) is 0. The number of likely N-dealkylation sites (tertiary alicyclic amines) is 1. The van der Waals surface area contributed by atoms with E-state index < -0.39 is 0 Å². The number of rotatable bonds is 5. The molecule has 0 spiro atoms. The van der Waals surface area contributed by atoms with E-state index in [9.17, 15) is 0 Å². The van der Waals surface area contributed by atoms with Crippen LogP contribution in [0.2, 0.25) is 0 Å². The molecule has 0 aromatic heterocycles. The lowest BCUT2D eigenvalue weighted by Crippen LogP contribution is -2.38. The fourth-order valence-corrected chi connectivity index (χ4v) is 2.39. The fourth-order valence-electron chi connectivity index (χ4n) is 2.39. The van der Waals surface area contributed by atoms with Crippen molar-refractivity contribution >= 4 is 0 Å². The van der Waals surface area contributed by atoms with Gasteiger partial charge in [0.1, 0.15) is 0 Å². The second kappa shape index (κ2) is 11.0. The summed E-state index contributed by atoms with van der Waals surface area (Å²) in [5, 5.41) is 0. The Hall–Kier alpha value is -0.120. The van der Waals surface area contributed by atoms with Crippen LogP contribution in [0.4, 0.5) is 0 Å². The third-order valence-corrected chi connectivity index (χ3v) is 3.43. The highest BCUT2D eigenvalue weighted by Gasteiger charge is 2.19. The number of hydrogen-bond donors (Lipinski definition) is 0. The number of hydrogen-bond acceptors (Lipinski definition) is 3. The Morgan fingerprint density at radius 2 is 1.94 bits per heavy atom. The Bertz CT molecular complexity index is 164. The van der Waals surface area contributed by atoms with Gasteiger partial charge in [-0.1, -0.05) is 20.8 Å². The van der Waals surface area contributed by atoms with E-state index in [1.165, 1.54) is 32.4 Å². The molecule has 0 saturated carbocycles. The second-order valence-electron chi connectivity index (χ2n) is 4.51. The van der Waals surface area contributed by atoms with Crippen LogP contribution in [0, 0.1) is 0 Å². The number of likely N-dealkylation sites (N-methyl/N-ethyl adjacent to an activating group) is 1. The van der Waals surface area contributed by atoms with Crippen LogP contribution in [0.1, 0.15) is 40.0 Å². The van der Waals surface area contributed by atoms with Gasteiger partial charge in [0.05, 0.1) is 6.61 Å². The maximum atomic E-state index is 5.17. The molecule has 3 heteroatoms. The average Bonchev–Trinajstić information content (AvgIpc) is 2.58. The maximum Gasteiger partial charge on any atom is 0.0589 e. The SMILES string of the molecule is CC.CCN(CCOC)C1CCCN(C)CC1. The van der Waals surface area contributed by atoms with Crippen LogP contribution in [-0.2, 0) is 4.74 Å². The Morgan fingerprint density at radius 1 is 1.24 bits per heavy atom. The van der Waals surface area contributed by atoms with Gasteiger partial charge in [0.15, 0.2) is 0 Å². The van der Waals surface area contributed by atoms with Gasteiger partial charge in [-0.25, -0.2) is 0 Å². The topological polar surface area (TPSA) is 15.7 Å². The van der Waals surface area contributed by atoms with Crippen molar-refractivity contribution in [2.75, 3.05) is 46.9 Å². The molecule has 0 aromatic carbocycles.